The van der Waals surface area contributed by atoms with Gasteiger partial charge in [-0.05, 0) is 17.7 Å². The summed E-state index contributed by atoms with van der Waals surface area (Å²) in [6, 6.07) is 7.25. The lowest BCUT2D eigenvalue weighted by Gasteiger charge is -2.12. The molecule has 0 radical (unpaired) electrons. The molecule has 4 nitrogen and oxygen atoms in total. The van der Waals surface area contributed by atoms with Crippen LogP contribution in [0.1, 0.15) is 18.4 Å². The number of nitrogens with two attached hydrogens (primary N) is 2. The largest absolute Gasteiger partial charge is 0.330 e. The van der Waals surface area contributed by atoms with Gasteiger partial charge >= 0.3 is 0 Å². The molecular formula is C13H19ClN2O2S. The predicted molar refractivity (Wildman–Crippen MR) is 78.0 cm³/mol. The topological polar surface area (TPSA) is 86.2 Å². The van der Waals surface area contributed by atoms with E-state index in [4.69, 9.17) is 23.1 Å². The molecule has 1 fully saturated rings. The zero-order chi connectivity index (χ0) is 14.3. The van der Waals surface area contributed by atoms with Crippen LogP contribution >= 0.6 is 11.6 Å². The first-order chi connectivity index (χ1) is 8.93. The Morgan fingerprint density at radius 2 is 1.74 bits per heavy atom. The molecule has 6 heteroatoms. The lowest BCUT2D eigenvalue weighted by Crippen LogP contribution is -2.31. The lowest BCUT2D eigenvalue weighted by atomic mass is 9.99. The van der Waals surface area contributed by atoms with Crippen LogP contribution in [0.5, 0.6) is 0 Å². The fourth-order valence-corrected chi connectivity index (χ4v) is 5.25. The van der Waals surface area contributed by atoms with Gasteiger partial charge in [0, 0.05) is 35.2 Å². The van der Waals surface area contributed by atoms with E-state index in [1.54, 1.807) is 19.1 Å². The molecule has 2 rings (SSSR count). The molecule has 0 bridgehead atoms. The molecule has 4 N–H and O–H groups in total. The second kappa shape index (κ2) is 5.05. The summed E-state index contributed by atoms with van der Waals surface area (Å²) < 4.78 is 24.4. The van der Waals surface area contributed by atoms with Crippen molar-refractivity contribution in [2.24, 2.45) is 16.9 Å². The quantitative estimate of drug-likeness (QED) is 0.854. The Labute approximate surface area is 119 Å². The van der Waals surface area contributed by atoms with E-state index < -0.39 is 20.5 Å². The van der Waals surface area contributed by atoms with Crippen molar-refractivity contribution in [1.82, 2.24) is 0 Å². The van der Waals surface area contributed by atoms with Gasteiger partial charge in [-0.25, -0.2) is 8.42 Å². The average Bonchev–Trinajstić information content (AvgIpc) is 3.10. The maximum absolute atomic E-state index is 12.2. The number of hydrogen-bond acceptors (Lipinski definition) is 4. The fraction of sp³-hybridized carbons (Fsp3) is 0.538. The van der Waals surface area contributed by atoms with E-state index in [1.165, 1.54) is 0 Å². The van der Waals surface area contributed by atoms with Gasteiger partial charge < -0.3 is 11.5 Å². The van der Waals surface area contributed by atoms with Gasteiger partial charge in [0.1, 0.15) is 0 Å². The van der Waals surface area contributed by atoms with E-state index in [0.717, 1.165) is 5.56 Å². The number of hydrogen-bond donors (Lipinski definition) is 2. The van der Waals surface area contributed by atoms with Crippen molar-refractivity contribution in [2.45, 2.75) is 18.1 Å². The van der Waals surface area contributed by atoms with Gasteiger partial charge in [0.15, 0.2) is 9.84 Å². The highest BCUT2D eigenvalue weighted by atomic mass is 35.5. The third kappa shape index (κ3) is 2.29. The van der Waals surface area contributed by atoms with Gasteiger partial charge in [-0.2, -0.15) is 0 Å². The second-order valence-corrected chi connectivity index (χ2v) is 7.89. The Morgan fingerprint density at radius 1 is 1.21 bits per heavy atom. The third-order valence-electron chi connectivity index (χ3n) is 4.16. The molecule has 1 aromatic carbocycles. The minimum absolute atomic E-state index is 0.115. The van der Waals surface area contributed by atoms with E-state index >= 15 is 0 Å². The summed E-state index contributed by atoms with van der Waals surface area (Å²) in [5.74, 6) is -0.00604. The summed E-state index contributed by atoms with van der Waals surface area (Å²) in [6.07, 6.45) is 0. The van der Waals surface area contributed by atoms with E-state index in [2.05, 4.69) is 0 Å². The summed E-state index contributed by atoms with van der Waals surface area (Å²) >= 11 is 5.86. The van der Waals surface area contributed by atoms with Crippen LogP contribution in [0.4, 0.5) is 0 Å². The number of rotatable bonds is 5. The van der Waals surface area contributed by atoms with Crippen molar-refractivity contribution in [3.8, 4) is 0 Å². The molecule has 1 saturated carbocycles. The van der Waals surface area contributed by atoms with Crippen LogP contribution in [-0.4, -0.2) is 32.5 Å². The normalized spacial score (nSPS) is 25.3. The zero-order valence-electron chi connectivity index (χ0n) is 10.8. The SMILES string of the molecule is CCS(=O)(=O)[C@@H]1[C@H](c2ccc(Cl)cc2)C1(CN)CN. The first kappa shape index (κ1) is 14.8. The molecule has 0 unspecified atom stereocenters. The smallest absolute Gasteiger partial charge is 0.154 e. The van der Waals surface area contributed by atoms with Gasteiger partial charge in [0.2, 0.25) is 0 Å². The summed E-state index contributed by atoms with van der Waals surface area (Å²) in [4.78, 5) is 0. The summed E-state index contributed by atoms with van der Waals surface area (Å²) in [5, 5.41) is 0.159. The maximum atomic E-state index is 12.2. The molecule has 106 valence electrons. The molecule has 0 aromatic heterocycles. The highest BCUT2D eigenvalue weighted by Crippen LogP contribution is 2.61. The summed E-state index contributed by atoms with van der Waals surface area (Å²) in [5.41, 5.74) is 12.0. The van der Waals surface area contributed by atoms with Crippen molar-refractivity contribution in [1.29, 1.82) is 0 Å². The van der Waals surface area contributed by atoms with Crippen molar-refractivity contribution < 1.29 is 8.42 Å². The van der Waals surface area contributed by atoms with E-state index in [9.17, 15) is 8.42 Å². The van der Waals surface area contributed by atoms with Crippen LogP contribution in [-0.2, 0) is 9.84 Å². The van der Waals surface area contributed by atoms with Crippen molar-refractivity contribution in [3.63, 3.8) is 0 Å². The van der Waals surface area contributed by atoms with E-state index in [-0.39, 0.29) is 24.8 Å². The molecule has 0 amide bonds. The van der Waals surface area contributed by atoms with Crippen molar-refractivity contribution in [2.75, 3.05) is 18.8 Å². The standard InChI is InChI=1S/C13H19ClN2O2S/c1-2-19(17,18)12-11(13(12,7-15)8-16)9-3-5-10(14)6-4-9/h3-6,11-12H,2,7-8,15-16H2,1H3/t11-,12+/m0/s1. The molecule has 1 aliphatic rings. The van der Waals surface area contributed by atoms with Crippen LogP contribution in [0.2, 0.25) is 5.02 Å². The second-order valence-electron chi connectivity index (χ2n) is 5.04. The molecule has 0 aliphatic heterocycles. The van der Waals surface area contributed by atoms with Crippen molar-refractivity contribution >= 4 is 21.4 Å². The Morgan fingerprint density at radius 3 is 2.16 bits per heavy atom. The van der Waals surface area contributed by atoms with Gasteiger partial charge in [0.25, 0.3) is 0 Å². The van der Waals surface area contributed by atoms with E-state index in [0.29, 0.717) is 5.02 Å². The van der Waals surface area contributed by atoms with Crippen LogP contribution in [0.3, 0.4) is 0 Å². The summed E-state index contributed by atoms with van der Waals surface area (Å²) in [7, 11) is -3.16. The molecule has 0 saturated heterocycles. The van der Waals surface area contributed by atoms with Crippen molar-refractivity contribution in [3.05, 3.63) is 34.9 Å². The van der Waals surface area contributed by atoms with Crippen LogP contribution in [0.15, 0.2) is 24.3 Å². The highest BCUT2D eigenvalue weighted by Gasteiger charge is 2.68. The summed E-state index contributed by atoms with van der Waals surface area (Å²) in [6.45, 7) is 2.21. The minimum atomic E-state index is -3.16. The molecule has 0 heterocycles. The van der Waals surface area contributed by atoms with Gasteiger partial charge in [-0.3, -0.25) is 0 Å². The van der Waals surface area contributed by atoms with E-state index in [1.807, 2.05) is 12.1 Å². The Bertz CT molecular complexity index is 553. The molecule has 0 spiro atoms. The van der Waals surface area contributed by atoms with Crippen LogP contribution < -0.4 is 11.5 Å². The molecule has 2 atom stereocenters. The number of halogens is 1. The van der Waals surface area contributed by atoms with Gasteiger partial charge in [-0.1, -0.05) is 30.7 Å². The monoisotopic (exact) mass is 302 g/mol. The van der Waals surface area contributed by atoms with Crippen LogP contribution in [0.25, 0.3) is 0 Å². The highest BCUT2D eigenvalue weighted by molar-refractivity contribution is 7.92. The molecule has 19 heavy (non-hydrogen) atoms. The number of benzene rings is 1. The molecule has 1 aromatic rings. The van der Waals surface area contributed by atoms with Gasteiger partial charge in [-0.15, -0.1) is 0 Å². The maximum Gasteiger partial charge on any atom is 0.154 e. The Kier molecular flexibility index (Phi) is 3.93. The first-order valence-electron chi connectivity index (χ1n) is 6.30. The average molecular weight is 303 g/mol. The third-order valence-corrected chi connectivity index (χ3v) is 6.73. The molecule has 1 aliphatic carbocycles. The Balaban J connectivity index is 2.42. The molecular weight excluding hydrogens is 284 g/mol. The zero-order valence-corrected chi connectivity index (χ0v) is 12.4. The minimum Gasteiger partial charge on any atom is -0.330 e. The van der Waals surface area contributed by atoms with Crippen LogP contribution in [0, 0.1) is 5.41 Å². The van der Waals surface area contributed by atoms with Gasteiger partial charge in [0.05, 0.1) is 5.25 Å². The predicted octanol–water partition coefficient (Wildman–Crippen LogP) is 1.14. The number of sulfone groups is 1. The Hall–Kier alpha value is -0.620. The fourth-order valence-electron chi connectivity index (χ4n) is 2.94. The first-order valence-corrected chi connectivity index (χ1v) is 8.39. The lowest BCUT2D eigenvalue weighted by molar-refractivity contribution is 0.510.